The summed E-state index contributed by atoms with van der Waals surface area (Å²) < 4.78 is 5.89. The molecule has 1 saturated carbocycles. The lowest BCUT2D eigenvalue weighted by molar-refractivity contribution is 0.0886. The third kappa shape index (κ3) is 4.26. The van der Waals surface area contributed by atoms with Crippen LogP contribution in [0, 0.1) is 0 Å². The molecule has 24 heavy (non-hydrogen) atoms. The normalized spacial score (nSPS) is 20.4. The largest absolute Gasteiger partial charge is 0.474 e. The lowest BCUT2D eigenvalue weighted by Crippen LogP contribution is -2.40. The van der Waals surface area contributed by atoms with Crippen molar-refractivity contribution in [2.24, 2.45) is 0 Å². The SMILES string of the molecule is CSc1ncccc1C(=O)NC1CCC(Oc2ccccn2)CC1. The Kier molecular flexibility index (Phi) is 5.69. The van der Waals surface area contributed by atoms with Gasteiger partial charge in [0.2, 0.25) is 5.88 Å². The maximum Gasteiger partial charge on any atom is 0.254 e. The molecule has 3 rings (SSSR count). The zero-order valence-electron chi connectivity index (χ0n) is 13.6. The van der Waals surface area contributed by atoms with Gasteiger partial charge in [0.05, 0.1) is 5.56 Å². The number of rotatable bonds is 5. The second-order valence-corrected chi connectivity index (χ2v) is 6.59. The van der Waals surface area contributed by atoms with Gasteiger partial charge in [-0.25, -0.2) is 9.97 Å². The van der Waals surface area contributed by atoms with Gasteiger partial charge in [0.1, 0.15) is 11.1 Å². The first-order chi connectivity index (χ1) is 11.8. The standard InChI is InChI=1S/C18H21N3O2S/c1-24-18-15(5-4-12-20-18)17(22)21-13-7-9-14(10-8-13)23-16-6-2-3-11-19-16/h2-6,11-14H,7-10H2,1H3,(H,21,22). The number of nitrogens with zero attached hydrogens (tertiary/aromatic N) is 2. The first-order valence-corrected chi connectivity index (χ1v) is 9.36. The highest BCUT2D eigenvalue weighted by Gasteiger charge is 2.24. The van der Waals surface area contributed by atoms with E-state index in [-0.39, 0.29) is 18.1 Å². The number of aromatic nitrogens is 2. The van der Waals surface area contributed by atoms with Gasteiger partial charge in [-0.3, -0.25) is 4.79 Å². The molecule has 0 aromatic carbocycles. The third-order valence-electron chi connectivity index (χ3n) is 4.14. The van der Waals surface area contributed by atoms with Crippen molar-refractivity contribution in [3.8, 4) is 5.88 Å². The molecular weight excluding hydrogens is 322 g/mol. The molecule has 2 aromatic heterocycles. The molecule has 1 fully saturated rings. The number of ether oxygens (including phenoxy) is 1. The quantitative estimate of drug-likeness (QED) is 0.844. The van der Waals surface area contributed by atoms with Gasteiger partial charge in [0, 0.05) is 24.5 Å². The van der Waals surface area contributed by atoms with Crippen LogP contribution in [0.5, 0.6) is 5.88 Å². The number of hydrogen-bond donors (Lipinski definition) is 1. The Hall–Kier alpha value is -2.08. The predicted molar refractivity (Wildman–Crippen MR) is 94.4 cm³/mol. The highest BCUT2D eigenvalue weighted by Crippen LogP contribution is 2.24. The fourth-order valence-corrected chi connectivity index (χ4v) is 3.45. The van der Waals surface area contributed by atoms with Crippen LogP contribution in [0.15, 0.2) is 47.8 Å². The summed E-state index contributed by atoms with van der Waals surface area (Å²) in [5.41, 5.74) is 0.650. The smallest absolute Gasteiger partial charge is 0.254 e. The Morgan fingerprint density at radius 3 is 2.62 bits per heavy atom. The molecule has 6 heteroatoms. The van der Waals surface area contributed by atoms with E-state index in [2.05, 4.69) is 15.3 Å². The maximum absolute atomic E-state index is 12.5. The fourth-order valence-electron chi connectivity index (χ4n) is 2.90. The fraction of sp³-hybridized carbons (Fsp3) is 0.389. The van der Waals surface area contributed by atoms with Crippen LogP contribution in [0.25, 0.3) is 0 Å². The monoisotopic (exact) mass is 343 g/mol. The molecule has 1 amide bonds. The lowest BCUT2D eigenvalue weighted by Gasteiger charge is -2.29. The summed E-state index contributed by atoms with van der Waals surface area (Å²) in [5.74, 6) is 0.631. The number of hydrogen-bond acceptors (Lipinski definition) is 5. The molecule has 2 aromatic rings. The minimum absolute atomic E-state index is 0.0402. The van der Waals surface area contributed by atoms with E-state index in [9.17, 15) is 4.79 Å². The van der Waals surface area contributed by atoms with Crippen molar-refractivity contribution in [2.45, 2.75) is 42.9 Å². The molecule has 1 aliphatic carbocycles. The van der Waals surface area contributed by atoms with Crippen LogP contribution in [0.3, 0.4) is 0 Å². The van der Waals surface area contributed by atoms with E-state index in [1.54, 1.807) is 18.5 Å². The van der Waals surface area contributed by atoms with E-state index in [0.29, 0.717) is 11.4 Å². The third-order valence-corrected chi connectivity index (χ3v) is 4.86. The zero-order chi connectivity index (χ0) is 16.8. The Morgan fingerprint density at radius 2 is 1.92 bits per heavy atom. The van der Waals surface area contributed by atoms with Crippen LogP contribution in [0.1, 0.15) is 36.0 Å². The van der Waals surface area contributed by atoms with Crippen LogP contribution in [-0.4, -0.2) is 34.3 Å². The zero-order valence-corrected chi connectivity index (χ0v) is 14.5. The minimum Gasteiger partial charge on any atom is -0.474 e. The number of amides is 1. The first kappa shape index (κ1) is 16.8. The molecule has 0 bridgehead atoms. The highest BCUT2D eigenvalue weighted by atomic mass is 32.2. The summed E-state index contributed by atoms with van der Waals surface area (Å²) in [4.78, 5) is 20.9. The van der Waals surface area contributed by atoms with E-state index in [0.717, 1.165) is 30.7 Å². The average molecular weight is 343 g/mol. The molecular formula is C18H21N3O2S. The molecule has 0 saturated heterocycles. The topological polar surface area (TPSA) is 64.1 Å². The van der Waals surface area contributed by atoms with Gasteiger partial charge in [0.15, 0.2) is 0 Å². The Morgan fingerprint density at radius 1 is 1.12 bits per heavy atom. The summed E-state index contributed by atoms with van der Waals surface area (Å²) in [6.45, 7) is 0. The molecule has 0 atom stereocenters. The number of thioether (sulfide) groups is 1. The van der Waals surface area contributed by atoms with Gasteiger partial charge in [0.25, 0.3) is 5.91 Å². The number of nitrogens with one attached hydrogen (secondary N) is 1. The van der Waals surface area contributed by atoms with Crippen LogP contribution in [-0.2, 0) is 0 Å². The number of pyridine rings is 2. The van der Waals surface area contributed by atoms with Crippen molar-refractivity contribution in [3.05, 3.63) is 48.3 Å². The number of carbonyl (C=O) groups is 1. The van der Waals surface area contributed by atoms with Crippen LogP contribution < -0.4 is 10.1 Å². The second-order valence-electron chi connectivity index (χ2n) is 5.79. The molecule has 5 nitrogen and oxygen atoms in total. The van der Waals surface area contributed by atoms with Gasteiger partial charge >= 0.3 is 0 Å². The molecule has 0 radical (unpaired) electrons. The Labute approximate surface area is 146 Å². The summed E-state index contributed by atoms with van der Waals surface area (Å²) in [6, 6.07) is 9.48. The average Bonchev–Trinajstić information content (AvgIpc) is 2.64. The molecule has 2 heterocycles. The predicted octanol–water partition coefficient (Wildman–Crippen LogP) is 3.32. The van der Waals surface area contributed by atoms with Crippen LogP contribution >= 0.6 is 11.8 Å². The summed E-state index contributed by atoms with van der Waals surface area (Å²) in [6.07, 6.45) is 9.22. The van der Waals surface area contributed by atoms with Crippen molar-refractivity contribution in [3.63, 3.8) is 0 Å². The van der Waals surface area contributed by atoms with Crippen LogP contribution in [0.4, 0.5) is 0 Å². The minimum atomic E-state index is -0.0402. The summed E-state index contributed by atoms with van der Waals surface area (Å²) in [5, 5.41) is 3.90. The van der Waals surface area contributed by atoms with E-state index in [1.165, 1.54) is 11.8 Å². The van der Waals surface area contributed by atoms with E-state index < -0.39 is 0 Å². The van der Waals surface area contributed by atoms with Gasteiger partial charge in [-0.05, 0) is 50.1 Å². The Bertz CT molecular complexity index is 673. The van der Waals surface area contributed by atoms with Gasteiger partial charge < -0.3 is 10.1 Å². The van der Waals surface area contributed by atoms with Crippen molar-refractivity contribution < 1.29 is 9.53 Å². The second kappa shape index (κ2) is 8.15. The van der Waals surface area contributed by atoms with Gasteiger partial charge in [-0.2, -0.15) is 0 Å². The van der Waals surface area contributed by atoms with Crippen molar-refractivity contribution in [1.29, 1.82) is 0 Å². The van der Waals surface area contributed by atoms with Crippen LogP contribution in [0.2, 0.25) is 0 Å². The molecule has 1 N–H and O–H groups in total. The molecule has 1 aliphatic rings. The first-order valence-electron chi connectivity index (χ1n) is 8.14. The lowest BCUT2D eigenvalue weighted by atomic mass is 9.92. The molecule has 126 valence electrons. The maximum atomic E-state index is 12.5. The van der Waals surface area contributed by atoms with E-state index in [4.69, 9.17) is 4.74 Å². The molecule has 0 aliphatic heterocycles. The van der Waals surface area contributed by atoms with Gasteiger partial charge in [-0.1, -0.05) is 6.07 Å². The molecule has 0 unspecified atom stereocenters. The van der Waals surface area contributed by atoms with E-state index in [1.807, 2.05) is 30.5 Å². The van der Waals surface area contributed by atoms with Crippen molar-refractivity contribution in [2.75, 3.05) is 6.26 Å². The Balaban J connectivity index is 1.51. The van der Waals surface area contributed by atoms with E-state index >= 15 is 0 Å². The van der Waals surface area contributed by atoms with Crippen molar-refractivity contribution >= 4 is 17.7 Å². The van der Waals surface area contributed by atoms with Crippen molar-refractivity contribution in [1.82, 2.24) is 15.3 Å². The number of carbonyl (C=O) groups excluding carboxylic acids is 1. The highest BCUT2D eigenvalue weighted by molar-refractivity contribution is 7.98. The van der Waals surface area contributed by atoms with Gasteiger partial charge in [-0.15, -0.1) is 11.8 Å². The summed E-state index contributed by atoms with van der Waals surface area (Å²) in [7, 11) is 0. The summed E-state index contributed by atoms with van der Waals surface area (Å²) >= 11 is 1.49. The molecule has 0 spiro atoms.